The maximum atomic E-state index is 11.3. The topological polar surface area (TPSA) is 26.3 Å². The summed E-state index contributed by atoms with van der Waals surface area (Å²) < 4.78 is 5.47. The second-order valence-corrected chi connectivity index (χ2v) is 3.27. The first-order valence-corrected chi connectivity index (χ1v) is 4.72. The number of benzene rings is 1. The van der Waals surface area contributed by atoms with Gasteiger partial charge in [0.05, 0.1) is 5.56 Å². The Morgan fingerprint density at radius 1 is 1.50 bits per heavy atom. The van der Waals surface area contributed by atoms with E-state index in [1.165, 1.54) is 0 Å². The van der Waals surface area contributed by atoms with E-state index in [1.807, 2.05) is 37.3 Å². The minimum atomic E-state index is 0.191. The molecule has 0 N–H and O–H groups in total. The average Bonchev–Trinajstić information content (AvgIpc) is 2.16. The number of hydrogen-bond donors (Lipinski definition) is 0. The van der Waals surface area contributed by atoms with Crippen molar-refractivity contribution in [3.05, 3.63) is 41.5 Å². The zero-order chi connectivity index (χ0) is 9.97. The highest BCUT2D eigenvalue weighted by Crippen LogP contribution is 2.31. The Morgan fingerprint density at radius 2 is 2.36 bits per heavy atom. The molecule has 0 unspecified atom stereocenters. The number of fused-ring (bicyclic) bond motifs is 1. The van der Waals surface area contributed by atoms with Crippen molar-refractivity contribution < 1.29 is 9.53 Å². The van der Waals surface area contributed by atoms with Crippen LogP contribution in [0.25, 0.3) is 0 Å². The Labute approximate surface area is 83.2 Å². The van der Waals surface area contributed by atoms with Crippen LogP contribution < -0.4 is 4.74 Å². The van der Waals surface area contributed by atoms with Crippen LogP contribution in [-0.4, -0.2) is 12.4 Å². The normalized spacial score (nSPS) is 13.9. The molecule has 2 nitrogen and oxygen atoms in total. The maximum Gasteiger partial charge on any atom is 0.171 e. The van der Waals surface area contributed by atoms with Gasteiger partial charge in [0.15, 0.2) is 5.78 Å². The molecule has 0 aliphatic heterocycles. The molecule has 0 heterocycles. The van der Waals surface area contributed by atoms with E-state index in [0.717, 1.165) is 16.9 Å². The number of hydrogen-bond acceptors (Lipinski definition) is 2. The van der Waals surface area contributed by atoms with Crippen LogP contribution in [0.15, 0.2) is 30.4 Å². The van der Waals surface area contributed by atoms with Crippen molar-refractivity contribution in [1.29, 1.82) is 0 Å². The lowest BCUT2D eigenvalue weighted by atomic mass is 9.86. The molecule has 1 aliphatic rings. The average molecular weight is 188 g/mol. The highest BCUT2D eigenvalue weighted by Gasteiger charge is 2.26. The fourth-order valence-corrected chi connectivity index (χ4v) is 1.55. The van der Waals surface area contributed by atoms with Crippen LogP contribution in [0, 0.1) is 0 Å². The second-order valence-electron chi connectivity index (χ2n) is 3.27. The van der Waals surface area contributed by atoms with Gasteiger partial charge in [0.25, 0.3) is 0 Å². The van der Waals surface area contributed by atoms with Gasteiger partial charge >= 0.3 is 0 Å². The zero-order valence-corrected chi connectivity index (χ0v) is 8.12. The molecule has 0 saturated carbocycles. The lowest BCUT2D eigenvalue weighted by molar-refractivity contribution is 0.0963. The molecule has 1 aromatic rings. The van der Waals surface area contributed by atoms with Gasteiger partial charge in [-0.05, 0) is 18.6 Å². The summed E-state index contributed by atoms with van der Waals surface area (Å²) in [5.41, 5.74) is 1.88. The van der Waals surface area contributed by atoms with Gasteiger partial charge in [-0.1, -0.05) is 24.3 Å². The molecular weight excluding hydrogens is 176 g/mol. The number of carbonyl (C=O) groups excluding carboxylic acids is 1. The lowest BCUT2D eigenvalue weighted by Gasteiger charge is -2.20. The Kier molecular flexibility index (Phi) is 2.35. The Bertz CT molecular complexity index is 391. The minimum Gasteiger partial charge on any atom is -0.489 e. The predicted octanol–water partition coefficient (Wildman–Crippen LogP) is 2.38. The zero-order valence-electron chi connectivity index (χ0n) is 8.12. The van der Waals surface area contributed by atoms with Crippen molar-refractivity contribution in [2.45, 2.75) is 13.3 Å². The molecule has 0 aromatic heterocycles. The van der Waals surface area contributed by atoms with E-state index in [1.54, 1.807) is 0 Å². The molecule has 0 radical (unpaired) electrons. The summed E-state index contributed by atoms with van der Waals surface area (Å²) in [4.78, 5) is 11.3. The van der Waals surface area contributed by atoms with Gasteiger partial charge in [0.2, 0.25) is 0 Å². The standard InChI is InChI=1S/C12H12O2/c1-2-3-7-14-11-6-4-5-9-8-10(13)12(9)11/h2-6H,7-8H2,1H3/b3-2+. The molecule has 0 bridgehead atoms. The summed E-state index contributed by atoms with van der Waals surface area (Å²) in [5, 5.41) is 0. The number of Topliss-reactive ketones (excluding diaryl/α,β-unsaturated/α-hetero) is 1. The van der Waals surface area contributed by atoms with E-state index in [9.17, 15) is 4.79 Å². The number of rotatable bonds is 3. The summed E-state index contributed by atoms with van der Waals surface area (Å²) in [6, 6.07) is 5.74. The highest BCUT2D eigenvalue weighted by molar-refractivity contribution is 6.08. The third-order valence-corrected chi connectivity index (χ3v) is 2.31. The molecule has 0 fully saturated rings. The van der Waals surface area contributed by atoms with E-state index in [4.69, 9.17) is 4.74 Å². The summed E-state index contributed by atoms with van der Waals surface area (Å²) in [5.74, 6) is 0.910. The first-order valence-electron chi connectivity index (χ1n) is 4.72. The summed E-state index contributed by atoms with van der Waals surface area (Å²) in [6.07, 6.45) is 4.41. The van der Waals surface area contributed by atoms with Crippen LogP contribution >= 0.6 is 0 Å². The van der Waals surface area contributed by atoms with Crippen LogP contribution in [0.3, 0.4) is 0 Å². The van der Waals surface area contributed by atoms with Crippen LogP contribution in [0.1, 0.15) is 22.8 Å². The first-order chi connectivity index (χ1) is 6.83. The van der Waals surface area contributed by atoms with E-state index in [0.29, 0.717) is 13.0 Å². The highest BCUT2D eigenvalue weighted by atomic mass is 16.5. The third kappa shape index (κ3) is 1.43. The van der Waals surface area contributed by atoms with Gasteiger partial charge in [-0.2, -0.15) is 0 Å². The monoisotopic (exact) mass is 188 g/mol. The van der Waals surface area contributed by atoms with E-state index in [-0.39, 0.29) is 5.78 Å². The van der Waals surface area contributed by atoms with Crippen LogP contribution in [0.5, 0.6) is 5.75 Å². The first kappa shape index (κ1) is 9.00. The van der Waals surface area contributed by atoms with Gasteiger partial charge in [-0.15, -0.1) is 0 Å². The van der Waals surface area contributed by atoms with Gasteiger partial charge in [0, 0.05) is 6.42 Å². The van der Waals surface area contributed by atoms with E-state index < -0.39 is 0 Å². The van der Waals surface area contributed by atoms with Crippen molar-refractivity contribution in [1.82, 2.24) is 0 Å². The number of allylic oxidation sites excluding steroid dienone is 1. The quantitative estimate of drug-likeness (QED) is 0.681. The molecule has 0 spiro atoms. The molecule has 2 heteroatoms. The van der Waals surface area contributed by atoms with Crippen molar-refractivity contribution in [3.63, 3.8) is 0 Å². The number of ether oxygens (including phenoxy) is 1. The SMILES string of the molecule is C/C=C/COc1cccc2c1C(=O)C2. The number of carbonyl (C=O) groups is 1. The molecule has 0 saturated heterocycles. The number of ketones is 1. The smallest absolute Gasteiger partial charge is 0.171 e. The maximum absolute atomic E-state index is 11.3. The minimum absolute atomic E-state index is 0.191. The Hall–Kier alpha value is -1.57. The molecule has 0 atom stereocenters. The Morgan fingerprint density at radius 3 is 3.07 bits per heavy atom. The molecule has 72 valence electrons. The van der Waals surface area contributed by atoms with Crippen LogP contribution in [0.2, 0.25) is 0 Å². The summed E-state index contributed by atoms with van der Waals surface area (Å²) >= 11 is 0. The van der Waals surface area contributed by atoms with Crippen LogP contribution in [-0.2, 0) is 6.42 Å². The van der Waals surface area contributed by atoms with E-state index in [2.05, 4.69) is 0 Å². The van der Waals surface area contributed by atoms with Gasteiger partial charge in [-0.25, -0.2) is 0 Å². The molecule has 2 rings (SSSR count). The predicted molar refractivity (Wildman–Crippen MR) is 54.8 cm³/mol. The van der Waals surface area contributed by atoms with Gasteiger partial charge in [0.1, 0.15) is 12.4 Å². The van der Waals surface area contributed by atoms with Crippen molar-refractivity contribution in [3.8, 4) is 5.75 Å². The molecular formula is C12H12O2. The van der Waals surface area contributed by atoms with Crippen molar-refractivity contribution >= 4 is 5.78 Å². The molecule has 14 heavy (non-hydrogen) atoms. The fourth-order valence-electron chi connectivity index (χ4n) is 1.55. The summed E-state index contributed by atoms with van der Waals surface area (Å²) in [6.45, 7) is 2.47. The molecule has 1 aliphatic carbocycles. The van der Waals surface area contributed by atoms with Crippen molar-refractivity contribution in [2.75, 3.05) is 6.61 Å². The largest absolute Gasteiger partial charge is 0.489 e. The third-order valence-electron chi connectivity index (χ3n) is 2.31. The Balaban J connectivity index is 2.18. The van der Waals surface area contributed by atoms with Crippen molar-refractivity contribution in [2.24, 2.45) is 0 Å². The fraction of sp³-hybridized carbons (Fsp3) is 0.250. The summed E-state index contributed by atoms with van der Waals surface area (Å²) in [7, 11) is 0. The van der Waals surface area contributed by atoms with Crippen LogP contribution in [0.4, 0.5) is 0 Å². The molecule has 0 amide bonds. The molecule has 1 aromatic carbocycles. The van der Waals surface area contributed by atoms with Gasteiger partial charge in [-0.3, -0.25) is 4.79 Å². The van der Waals surface area contributed by atoms with E-state index >= 15 is 0 Å². The lowest BCUT2D eigenvalue weighted by Crippen LogP contribution is -2.20. The van der Waals surface area contributed by atoms with Gasteiger partial charge < -0.3 is 4.74 Å². The second kappa shape index (κ2) is 3.66.